The molecule has 0 aliphatic rings. The Morgan fingerprint density at radius 3 is 2.42 bits per heavy atom. The van der Waals surface area contributed by atoms with Crippen LogP contribution in [0.2, 0.25) is 15.1 Å². The van der Waals surface area contributed by atoms with Crippen LogP contribution in [0.25, 0.3) is 0 Å². The fourth-order valence-electron chi connectivity index (χ4n) is 1.58. The molecule has 2 aromatic rings. The Balaban J connectivity index is 2.13. The van der Waals surface area contributed by atoms with E-state index in [1.165, 1.54) is 0 Å². The minimum atomic E-state index is 0.520. The van der Waals surface area contributed by atoms with Gasteiger partial charge in [-0.2, -0.15) is 5.26 Å². The Bertz CT molecular complexity index is 648. The van der Waals surface area contributed by atoms with Crippen molar-refractivity contribution in [3.63, 3.8) is 0 Å². The topological polar surface area (TPSA) is 35.8 Å². The zero-order valence-corrected chi connectivity index (χ0v) is 12.0. The van der Waals surface area contributed by atoms with E-state index in [0.717, 1.165) is 11.3 Å². The molecule has 2 nitrogen and oxygen atoms in total. The quantitative estimate of drug-likeness (QED) is 0.853. The summed E-state index contributed by atoms with van der Waals surface area (Å²) in [6.45, 7) is 0.520. The Kier molecular flexibility index (Phi) is 4.55. The molecular formula is C14H9Cl3N2. The molecule has 5 heteroatoms. The zero-order valence-electron chi connectivity index (χ0n) is 9.75. The van der Waals surface area contributed by atoms with Gasteiger partial charge in [0, 0.05) is 16.6 Å². The molecular weight excluding hydrogens is 303 g/mol. The number of hydrogen-bond donors (Lipinski definition) is 1. The monoisotopic (exact) mass is 310 g/mol. The number of nitriles is 1. The molecule has 0 aliphatic carbocycles. The van der Waals surface area contributed by atoms with Crippen LogP contribution in [0.5, 0.6) is 0 Å². The second kappa shape index (κ2) is 6.16. The summed E-state index contributed by atoms with van der Waals surface area (Å²) in [5.74, 6) is 0. The van der Waals surface area contributed by atoms with Crippen LogP contribution >= 0.6 is 34.8 Å². The molecule has 96 valence electrons. The molecule has 0 fully saturated rings. The number of benzene rings is 2. The first kappa shape index (κ1) is 14.0. The van der Waals surface area contributed by atoms with Gasteiger partial charge in [-0.05, 0) is 35.9 Å². The predicted octanol–water partition coefficient (Wildman–Crippen LogP) is 5.13. The van der Waals surface area contributed by atoms with E-state index < -0.39 is 0 Å². The van der Waals surface area contributed by atoms with E-state index in [1.807, 2.05) is 18.2 Å². The van der Waals surface area contributed by atoms with E-state index in [0.29, 0.717) is 27.2 Å². The van der Waals surface area contributed by atoms with E-state index in [2.05, 4.69) is 5.32 Å². The average Bonchev–Trinajstić information content (AvgIpc) is 2.39. The molecule has 0 bridgehead atoms. The van der Waals surface area contributed by atoms with Crippen LogP contribution < -0.4 is 5.32 Å². The first-order chi connectivity index (χ1) is 9.10. The molecule has 0 saturated carbocycles. The molecule has 0 aromatic heterocycles. The summed E-state index contributed by atoms with van der Waals surface area (Å²) in [7, 11) is 0. The van der Waals surface area contributed by atoms with E-state index in [-0.39, 0.29) is 0 Å². The first-order valence-corrected chi connectivity index (χ1v) is 6.61. The first-order valence-electron chi connectivity index (χ1n) is 5.47. The van der Waals surface area contributed by atoms with Gasteiger partial charge in [-0.25, -0.2) is 0 Å². The predicted molar refractivity (Wildman–Crippen MR) is 80.0 cm³/mol. The summed E-state index contributed by atoms with van der Waals surface area (Å²) < 4.78 is 0. The van der Waals surface area contributed by atoms with Gasteiger partial charge >= 0.3 is 0 Å². The number of nitrogens with one attached hydrogen (secondary N) is 1. The average molecular weight is 312 g/mol. The van der Waals surface area contributed by atoms with E-state index >= 15 is 0 Å². The lowest BCUT2D eigenvalue weighted by molar-refractivity contribution is 1.15. The van der Waals surface area contributed by atoms with Gasteiger partial charge < -0.3 is 5.32 Å². The Labute approximate surface area is 126 Å². The number of halogens is 3. The molecule has 0 atom stereocenters. The minimum absolute atomic E-state index is 0.520. The fraction of sp³-hybridized carbons (Fsp3) is 0.0714. The van der Waals surface area contributed by atoms with Gasteiger partial charge in [0.25, 0.3) is 0 Å². The second-order valence-corrected chi connectivity index (χ2v) is 5.15. The summed E-state index contributed by atoms with van der Waals surface area (Å²) in [6, 6.07) is 12.5. The highest BCUT2D eigenvalue weighted by Crippen LogP contribution is 2.26. The SMILES string of the molecule is N#Cc1ccc(CNc2ccc(Cl)cc2Cl)c(Cl)c1. The summed E-state index contributed by atoms with van der Waals surface area (Å²) in [4.78, 5) is 0. The Hall–Kier alpha value is -1.40. The summed E-state index contributed by atoms with van der Waals surface area (Å²) >= 11 is 18.0. The number of rotatable bonds is 3. The zero-order chi connectivity index (χ0) is 13.8. The second-order valence-electron chi connectivity index (χ2n) is 3.90. The van der Waals surface area contributed by atoms with Crippen LogP contribution in [0, 0.1) is 11.3 Å². The minimum Gasteiger partial charge on any atom is -0.380 e. The van der Waals surface area contributed by atoms with Crippen LogP contribution in [-0.4, -0.2) is 0 Å². The molecule has 0 saturated heterocycles. The third-order valence-corrected chi connectivity index (χ3v) is 3.48. The highest BCUT2D eigenvalue weighted by Gasteiger charge is 2.04. The van der Waals surface area contributed by atoms with Crippen molar-refractivity contribution in [3.8, 4) is 6.07 Å². The van der Waals surface area contributed by atoms with Gasteiger partial charge in [0.15, 0.2) is 0 Å². The van der Waals surface area contributed by atoms with Crippen molar-refractivity contribution in [3.05, 3.63) is 62.6 Å². The molecule has 0 heterocycles. The van der Waals surface area contributed by atoms with Crippen LogP contribution in [-0.2, 0) is 6.54 Å². The number of hydrogen-bond acceptors (Lipinski definition) is 2. The van der Waals surface area contributed by atoms with E-state index in [1.54, 1.807) is 24.3 Å². The van der Waals surface area contributed by atoms with Crippen LogP contribution in [0.1, 0.15) is 11.1 Å². The van der Waals surface area contributed by atoms with Crippen molar-refractivity contribution in [1.82, 2.24) is 0 Å². The largest absolute Gasteiger partial charge is 0.380 e. The molecule has 19 heavy (non-hydrogen) atoms. The van der Waals surface area contributed by atoms with Gasteiger partial charge in [-0.3, -0.25) is 0 Å². The van der Waals surface area contributed by atoms with Crippen molar-refractivity contribution in [2.75, 3.05) is 5.32 Å². The van der Waals surface area contributed by atoms with Crippen LogP contribution in [0.4, 0.5) is 5.69 Å². The van der Waals surface area contributed by atoms with Crippen molar-refractivity contribution in [1.29, 1.82) is 5.26 Å². The number of anilines is 1. The lowest BCUT2D eigenvalue weighted by Crippen LogP contribution is -2.00. The molecule has 1 N–H and O–H groups in total. The van der Waals surface area contributed by atoms with E-state index in [4.69, 9.17) is 40.1 Å². The van der Waals surface area contributed by atoms with Crippen molar-refractivity contribution in [2.45, 2.75) is 6.54 Å². The maximum Gasteiger partial charge on any atom is 0.0992 e. The molecule has 2 aromatic carbocycles. The molecule has 0 unspecified atom stereocenters. The van der Waals surface area contributed by atoms with Gasteiger partial charge in [-0.15, -0.1) is 0 Å². The van der Waals surface area contributed by atoms with Gasteiger partial charge in [0.05, 0.1) is 22.3 Å². The maximum absolute atomic E-state index is 8.77. The number of nitrogens with zero attached hydrogens (tertiary/aromatic N) is 1. The molecule has 2 rings (SSSR count). The van der Waals surface area contributed by atoms with Crippen LogP contribution in [0.15, 0.2) is 36.4 Å². The smallest absolute Gasteiger partial charge is 0.0992 e. The normalized spacial score (nSPS) is 10.0. The lowest BCUT2D eigenvalue weighted by atomic mass is 10.1. The fourth-order valence-corrected chi connectivity index (χ4v) is 2.31. The third-order valence-electron chi connectivity index (χ3n) is 2.58. The lowest BCUT2D eigenvalue weighted by Gasteiger charge is -2.10. The van der Waals surface area contributed by atoms with Crippen molar-refractivity contribution in [2.24, 2.45) is 0 Å². The summed E-state index contributed by atoms with van der Waals surface area (Å²) in [5, 5.41) is 13.6. The van der Waals surface area contributed by atoms with Crippen molar-refractivity contribution >= 4 is 40.5 Å². The van der Waals surface area contributed by atoms with Crippen molar-refractivity contribution < 1.29 is 0 Å². The maximum atomic E-state index is 8.77. The summed E-state index contributed by atoms with van der Waals surface area (Å²) in [5.41, 5.74) is 2.22. The molecule has 0 radical (unpaired) electrons. The van der Waals surface area contributed by atoms with Gasteiger partial charge in [-0.1, -0.05) is 40.9 Å². The highest BCUT2D eigenvalue weighted by atomic mass is 35.5. The Morgan fingerprint density at radius 1 is 1.00 bits per heavy atom. The van der Waals surface area contributed by atoms with Gasteiger partial charge in [0.1, 0.15) is 0 Å². The molecule has 0 amide bonds. The van der Waals surface area contributed by atoms with Crippen LogP contribution in [0.3, 0.4) is 0 Å². The highest BCUT2D eigenvalue weighted by molar-refractivity contribution is 6.36. The third kappa shape index (κ3) is 3.54. The van der Waals surface area contributed by atoms with Gasteiger partial charge in [0.2, 0.25) is 0 Å². The molecule has 0 spiro atoms. The molecule has 0 aliphatic heterocycles. The van der Waals surface area contributed by atoms with E-state index in [9.17, 15) is 0 Å². The standard InChI is InChI=1S/C14H9Cl3N2/c15-11-3-4-14(13(17)6-11)19-8-10-2-1-9(7-18)5-12(10)16/h1-6,19H,8H2. The Morgan fingerprint density at radius 2 is 1.79 bits per heavy atom. The summed E-state index contributed by atoms with van der Waals surface area (Å²) in [6.07, 6.45) is 0.